The van der Waals surface area contributed by atoms with Gasteiger partial charge in [0.25, 0.3) is 0 Å². The van der Waals surface area contributed by atoms with Gasteiger partial charge in [-0.2, -0.15) is 0 Å². The van der Waals surface area contributed by atoms with E-state index >= 15 is 0 Å². The molecule has 0 saturated carbocycles. The molecule has 0 amide bonds. The summed E-state index contributed by atoms with van der Waals surface area (Å²) in [4.78, 5) is 2.22. The van der Waals surface area contributed by atoms with Crippen LogP contribution in [0.3, 0.4) is 0 Å². The smallest absolute Gasteiger partial charge is 0.318 e. The number of hydrogen-bond donors (Lipinski definition) is 1. The first-order chi connectivity index (χ1) is 9.56. The highest BCUT2D eigenvalue weighted by Crippen LogP contribution is 2.27. The van der Waals surface area contributed by atoms with E-state index in [1.54, 1.807) is 0 Å². The molecule has 0 aliphatic carbocycles. The summed E-state index contributed by atoms with van der Waals surface area (Å²) in [5.74, 6) is 2.93. The molecule has 0 aromatic carbocycles. The molecule has 1 aromatic heterocycles. The van der Waals surface area contributed by atoms with E-state index in [4.69, 9.17) is 4.42 Å². The van der Waals surface area contributed by atoms with E-state index in [1.807, 2.05) is 0 Å². The van der Waals surface area contributed by atoms with E-state index in [0.717, 1.165) is 31.5 Å². The number of hydrogen-bond acceptors (Lipinski definition) is 5. The lowest BCUT2D eigenvalue weighted by molar-refractivity contribution is 0.303. The summed E-state index contributed by atoms with van der Waals surface area (Å²) in [7, 11) is 0. The van der Waals surface area contributed by atoms with Crippen molar-refractivity contribution in [2.24, 2.45) is 17.8 Å². The molecule has 20 heavy (non-hydrogen) atoms. The van der Waals surface area contributed by atoms with Crippen LogP contribution < -0.4 is 10.2 Å². The van der Waals surface area contributed by atoms with Gasteiger partial charge in [0.05, 0.1) is 6.54 Å². The molecule has 114 valence electrons. The Labute approximate surface area is 122 Å². The summed E-state index contributed by atoms with van der Waals surface area (Å²) in [6, 6.07) is 0.688. The van der Waals surface area contributed by atoms with Crippen molar-refractivity contribution in [2.45, 2.75) is 47.1 Å². The van der Waals surface area contributed by atoms with Crippen molar-refractivity contribution in [3.63, 3.8) is 0 Å². The lowest BCUT2D eigenvalue weighted by Crippen LogP contribution is -2.35. The topological polar surface area (TPSA) is 54.2 Å². The zero-order chi connectivity index (χ0) is 14.5. The van der Waals surface area contributed by atoms with Crippen LogP contribution in [0.5, 0.6) is 0 Å². The Kier molecular flexibility index (Phi) is 5.40. The standard InChI is InChI=1S/C15H28N4O/c1-11(2)9-16-10-14-17-18-15(20-14)19-7-5-13(6-8-19)12(3)4/h11-13,16H,5-10H2,1-4H3. The number of nitrogens with zero attached hydrogens (tertiary/aromatic N) is 3. The average molecular weight is 280 g/mol. The molecule has 0 spiro atoms. The van der Waals surface area contributed by atoms with Gasteiger partial charge in [-0.3, -0.25) is 0 Å². The van der Waals surface area contributed by atoms with Crippen molar-refractivity contribution in [1.29, 1.82) is 0 Å². The summed E-state index contributed by atoms with van der Waals surface area (Å²) in [5, 5.41) is 11.6. The van der Waals surface area contributed by atoms with Crippen LogP contribution in [0.2, 0.25) is 0 Å². The molecule has 1 aliphatic heterocycles. The third kappa shape index (κ3) is 4.20. The maximum atomic E-state index is 5.74. The number of nitrogens with one attached hydrogen (secondary N) is 1. The first kappa shape index (κ1) is 15.3. The Morgan fingerprint density at radius 3 is 2.50 bits per heavy atom. The number of anilines is 1. The lowest BCUT2D eigenvalue weighted by Gasteiger charge is -2.32. The Bertz CT molecular complexity index is 394. The Balaban J connectivity index is 1.81. The highest BCUT2D eigenvalue weighted by Gasteiger charge is 2.24. The van der Waals surface area contributed by atoms with Crippen molar-refractivity contribution in [2.75, 3.05) is 24.5 Å². The molecule has 1 saturated heterocycles. The Morgan fingerprint density at radius 1 is 1.20 bits per heavy atom. The van der Waals surface area contributed by atoms with Gasteiger partial charge in [-0.15, -0.1) is 5.10 Å². The van der Waals surface area contributed by atoms with Gasteiger partial charge in [-0.1, -0.05) is 32.8 Å². The van der Waals surface area contributed by atoms with Crippen LogP contribution in [0, 0.1) is 17.8 Å². The molecule has 1 aromatic rings. The fourth-order valence-corrected chi connectivity index (χ4v) is 2.67. The first-order valence-corrected chi connectivity index (χ1v) is 7.84. The second-order valence-corrected chi connectivity index (χ2v) is 6.57. The van der Waals surface area contributed by atoms with E-state index in [0.29, 0.717) is 24.4 Å². The molecule has 1 aliphatic rings. The SMILES string of the molecule is CC(C)CNCc1nnc(N2CCC(C(C)C)CC2)o1. The molecule has 2 heterocycles. The van der Waals surface area contributed by atoms with Crippen molar-refractivity contribution < 1.29 is 4.42 Å². The van der Waals surface area contributed by atoms with Crippen LogP contribution in [0.4, 0.5) is 6.01 Å². The van der Waals surface area contributed by atoms with E-state index in [9.17, 15) is 0 Å². The highest BCUT2D eigenvalue weighted by atomic mass is 16.4. The van der Waals surface area contributed by atoms with Crippen LogP contribution >= 0.6 is 0 Å². The number of rotatable bonds is 6. The van der Waals surface area contributed by atoms with Gasteiger partial charge in [0.1, 0.15) is 0 Å². The zero-order valence-electron chi connectivity index (χ0n) is 13.2. The summed E-state index contributed by atoms with van der Waals surface area (Å²) in [6.45, 7) is 12.7. The molecule has 2 rings (SSSR count). The second kappa shape index (κ2) is 7.07. The van der Waals surface area contributed by atoms with Gasteiger partial charge in [0.2, 0.25) is 5.89 Å². The van der Waals surface area contributed by atoms with Crippen LogP contribution in [0.15, 0.2) is 4.42 Å². The van der Waals surface area contributed by atoms with Crippen molar-refractivity contribution in [3.8, 4) is 0 Å². The van der Waals surface area contributed by atoms with E-state index in [1.165, 1.54) is 12.8 Å². The highest BCUT2D eigenvalue weighted by molar-refractivity contribution is 5.24. The Morgan fingerprint density at radius 2 is 1.90 bits per heavy atom. The minimum Gasteiger partial charge on any atom is -0.407 e. The van der Waals surface area contributed by atoms with Gasteiger partial charge >= 0.3 is 6.01 Å². The number of piperidine rings is 1. The molecule has 0 unspecified atom stereocenters. The average Bonchev–Trinajstić information content (AvgIpc) is 2.87. The predicted molar refractivity (Wildman–Crippen MR) is 80.6 cm³/mol. The molecule has 1 fully saturated rings. The van der Waals surface area contributed by atoms with Crippen molar-refractivity contribution >= 4 is 6.01 Å². The lowest BCUT2D eigenvalue weighted by atomic mass is 9.87. The summed E-state index contributed by atoms with van der Waals surface area (Å²) >= 11 is 0. The van der Waals surface area contributed by atoms with Crippen molar-refractivity contribution in [3.05, 3.63) is 5.89 Å². The largest absolute Gasteiger partial charge is 0.407 e. The molecule has 0 radical (unpaired) electrons. The van der Waals surface area contributed by atoms with Gasteiger partial charge in [-0.05, 0) is 37.1 Å². The monoisotopic (exact) mass is 280 g/mol. The molecule has 5 nitrogen and oxygen atoms in total. The predicted octanol–water partition coefficient (Wildman–Crippen LogP) is 2.69. The maximum absolute atomic E-state index is 5.74. The van der Waals surface area contributed by atoms with Gasteiger partial charge < -0.3 is 14.6 Å². The summed E-state index contributed by atoms with van der Waals surface area (Å²) < 4.78 is 5.74. The summed E-state index contributed by atoms with van der Waals surface area (Å²) in [6.07, 6.45) is 2.45. The quantitative estimate of drug-likeness (QED) is 0.868. The van der Waals surface area contributed by atoms with Crippen LogP contribution in [0.1, 0.15) is 46.4 Å². The van der Waals surface area contributed by atoms with E-state index < -0.39 is 0 Å². The van der Waals surface area contributed by atoms with Crippen LogP contribution in [0.25, 0.3) is 0 Å². The second-order valence-electron chi connectivity index (χ2n) is 6.57. The van der Waals surface area contributed by atoms with Crippen LogP contribution in [-0.2, 0) is 6.54 Å². The van der Waals surface area contributed by atoms with Gasteiger partial charge in [-0.25, -0.2) is 0 Å². The third-order valence-corrected chi connectivity index (χ3v) is 4.04. The fourth-order valence-electron chi connectivity index (χ4n) is 2.67. The van der Waals surface area contributed by atoms with E-state index in [-0.39, 0.29) is 0 Å². The van der Waals surface area contributed by atoms with Crippen molar-refractivity contribution in [1.82, 2.24) is 15.5 Å². The summed E-state index contributed by atoms with van der Waals surface area (Å²) in [5.41, 5.74) is 0. The number of aromatic nitrogens is 2. The normalized spacial score (nSPS) is 17.4. The third-order valence-electron chi connectivity index (χ3n) is 4.04. The molecular weight excluding hydrogens is 252 g/mol. The molecule has 5 heteroatoms. The minimum atomic E-state index is 0.632. The van der Waals surface area contributed by atoms with E-state index in [2.05, 4.69) is 48.1 Å². The Hall–Kier alpha value is -1.10. The fraction of sp³-hybridized carbons (Fsp3) is 0.867. The zero-order valence-corrected chi connectivity index (χ0v) is 13.2. The first-order valence-electron chi connectivity index (χ1n) is 7.84. The van der Waals surface area contributed by atoms with Gasteiger partial charge in [0, 0.05) is 13.1 Å². The molecule has 1 N–H and O–H groups in total. The maximum Gasteiger partial charge on any atom is 0.318 e. The molecular formula is C15H28N4O. The van der Waals surface area contributed by atoms with Gasteiger partial charge in [0.15, 0.2) is 0 Å². The molecule has 0 atom stereocenters. The molecule has 0 bridgehead atoms. The van der Waals surface area contributed by atoms with Crippen LogP contribution in [-0.4, -0.2) is 29.8 Å². The minimum absolute atomic E-state index is 0.632.